The number of hydrogen-bond acceptors (Lipinski definition) is 6. The number of urea groups is 1. The number of benzene rings is 1. The molecule has 0 radical (unpaired) electrons. The zero-order valence-corrected chi connectivity index (χ0v) is 19.9. The number of ether oxygens (including phenoxy) is 1. The van der Waals surface area contributed by atoms with Crippen LogP contribution < -0.4 is 10.0 Å². The molecule has 0 atom stereocenters. The van der Waals surface area contributed by atoms with Crippen molar-refractivity contribution in [2.24, 2.45) is 0 Å². The number of sulfonamides is 1. The van der Waals surface area contributed by atoms with Gasteiger partial charge in [-0.1, -0.05) is 12.1 Å². The number of carbonyl (C=O) groups is 1. The van der Waals surface area contributed by atoms with Gasteiger partial charge in [0.25, 0.3) is 10.0 Å². The molecule has 1 aromatic carbocycles. The van der Waals surface area contributed by atoms with Gasteiger partial charge in [-0.2, -0.15) is 0 Å². The molecular weight excluding hydrogens is 446 g/mol. The minimum atomic E-state index is -3.92. The van der Waals surface area contributed by atoms with Gasteiger partial charge in [0.15, 0.2) is 0 Å². The number of nitrogens with one attached hydrogen (secondary N) is 2. The first-order valence-electron chi connectivity index (χ1n) is 11.3. The zero-order valence-electron chi connectivity index (χ0n) is 18.3. The van der Waals surface area contributed by atoms with Gasteiger partial charge in [-0.3, -0.25) is 0 Å². The molecule has 0 unspecified atom stereocenters. The van der Waals surface area contributed by atoms with E-state index >= 15 is 0 Å². The van der Waals surface area contributed by atoms with E-state index in [1.807, 2.05) is 7.05 Å². The summed E-state index contributed by atoms with van der Waals surface area (Å²) in [7, 11) is -1.90. The van der Waals surface area contributed by atoms with Crippen molar-refractivity contribution in [3.63, 3.8) is 0 Å². The normalized spacial score (nSPS) is 19.4. The lowest BCUT2D eigenvalue weighted by atomic mass is 9.88. The highest BCUT2D eigenvalue weighted by atomic mass is 32.2. The SMILES string of the molecule is CN1CCc2sc(S(=O)(=O)NC(=O)Nc3c(C4CCOCC4)ccc4c3CCC4)cc2C1. The smallest absolute Gasteiger partial charge is 0.333 e. The second kappa shape index (κ2) is 8.78. The van der Waals surface area contributed by atoms with E-state index in [9.17, 15) is 13.2 Å². The van der Waals surface area contributed by atoms with Gasteiger partial charge in [0.1, 0.15) is 4.21 Å². The molecule has 5 rings (SSSR count). The Morgan fingerprint density at radius 3 is 2.78 bits per heavy atom. The number of rotatable bonds is 4. The van der Waals surface area contributed by atoms with Gasteiger partial charge in [-0.05, 0) is 79.8 Å². The van der Waals surface area contributed by atoms with Crippen LogP contribution in [0, 0.1) is 0 Å². The van der Waals surface area contributed by atoms with Gasteiger partial charge >= 0.3 is 6.03 Å². The van der Waals surface area contributed by atoms with Crippen LogP contribution in [0.15, 0.2) is 22.4 Å². The summed E-state index contributed by atoms with van der Waals surface area (Å²) in [4.78, 5) is 16.2. The summed E-state index contributed by atoms with van der Waals surface area (Å²) in [6.45, 7) is 3.06. The van der Waals surface area contributed by atoms with E-state index in [1.165, 1.54) is 16.9 Å². The van der Waals surface area contributed by atoms with Crippen molar-refractivity contribution in [2.45, 2.75) is 55.2 Å². The Kier molecular flexibility index (Phi) is 6.00. The summed E-state index contributed by atoms with van der Waals surface area (Å²) in [5, 5.41) is 2.93. The molecule has 1 fully saturated rings. The number of aryl methyl sites for hydroxylation is 1. The molecule has 32 heavy (non-hydrogen) atoms. The molecular formula is C23H29N3O4S2. The highest BCUT2D eigenvalue weighted by Crippen LogP contribution is 2.39. The summed E-state index contributed by atoms with van der Waals surface area (Å²) in [6.07, 6.45) is 5.59. The fraction of sp³-hybridized carbons (Fsp3) is 0.522. The van der Waals surface area contributed by atoms with Crippen LogP contribution in [0.1, 0.15) is 52.3 Å². The van der Waals surface area contributed by atoms with Crippen molar-refractivity contribution in [1.29, 1.82) is 0 Å². The number of anilines is 1. The summed E-state index contributed by atoms with van der Waals surface area (Å²) >= 11 is 1.27. The number of likely N-dealkylation sites (N-methyl/N-ethyl adjacent to an activating group) is 1. The van der Waals surface area contributed by atoms with Gasteiger partial charge in [0.2, 0.25) is 0 Å². The average Bonchev–Trinajstić information content (AvgIpc) is 3.41. The largest absolute Gasteiger partial charge is 0.381 e. The lowest BCUT2D eigenvalue weighted by Gasteiger charge is -2.26. The van der Waals surface area contributed by atoms with Gasteiger partial charge in [0.05, 0.1) is 0 Å². The van der Waals surface area contributed by atoms with Crippen molar-refractivity contribution in [3.05, 3.63) is 45.3 Å². The number of amides is 2. The van der Waals surface area contributed by atoms with Gasteiger partial charge in [-0.15, -0.1) is 11.3 Å². The first kappa shape index (κ1) is 21.9. The Hall–Kier alpha value is -1.94. The van der Waals surface area contributed by atoms with Crippen molar-refractivity contribution >= 4 is 33.1 Å². The monoisotopic (exact) mass is 475 g/mol. The third-order valence-electron chi connectivity index (χ3n) is 6.74. The third-order valence-corrected chi connectivity index (χ3v) is 9.78. The Morgan fingerprint density at radius 2 is 1.97 bits per heavy atom. The maximum Gasteiger partial charge on any atom is 0.333 e. The second-order valence-electron chi connectivity index (χ2n) is 8.97. The third kappa shape index (κ3) is 4.31. The molecule has 0 spiro atoms. The molecule has 3 heterocycles. The minimum absolute atomic E-state index is 0.205. The Bertz CT molecular complexity index is 1140. The standard InChI is InChI=1S/C23H29N3O4S2/c1-26-10-7-20-17(14-26)13-21(31-20)32(28,29)25-23(27)24-22-18-4-2-3-15(18)5-6-19(22)16-8-11-30-12-9-16/h5-6,13,16H,2-4,7-12,14H2,1H3,(H2,24,25,27). The van der Waals surface area contributed by atoms with Crippen LogP contribution in [0.4, 0.5) is 10.5 Å². The van der Waals surface area contributed by atoms with Gasteiger partial charge in [0, 0.05) is 36.9 Å². The van der Waals surface area contributed by atoms with E-state index in [-0.39, 0.29) is 4.21 Å². The van der Waals surface area contributed by atoms with Crippen LogP contribution in [-0.2, 0) is 40.6 Å². The number of carbonyl (C=O) groups excluding carboxylic acids is 1. The molecule has 1 saturated heterocycles. The van der Waals surface area contributed by atoms with E-state index in [0.29, 0.717) is 19.1 Å². The Balaban J connectivity index is 1.38. The van der Waals surface area contributed by atoms with Crippen LogP contribution in [0.5, 0.6) is 0 Å². The minimum Gasteiger partial charge on any atom is -0.381 e. The van der Waals surface area contributed by atoms with E-state index in [1.54, 1.807) is 6.07 Å². The Labute approximate surface area is 193 Å². The molecule has 172 valence electrons. The fourth-order valence-electron chi connectivity index (χ4n) is 5.07. The van der Waals surface area contributed by atoms with Crippen LogP contribution in [-0.4, -0.2) is 46.2 Å². The maximum atomic E-state index is 13.0. The quantitative estimate of drug-likeness (QED) is 0.705. The Morgan fingerprint density at radius 1 is 1.16 bits per heavy atom. The first-order chi connectivity index (χ1) is 15.4. The summed E-state index contributed by atoms with van der Waals surface area (Å²) < 4.78 is 33.9. The van der Waals surface area contributed by atoms with Crippen molar-refractivity contribution in [3.8, 4) is 0 Å². The highest BCUT2D eigenvalue weighted by Gasteiger charge is 2.28. The van der Waals surface area contributed by atoms with Crippen LogP contribution in [0.25, 0.3) is 0 Å². The van der Waals surface area contributed by atoms with Crippen LogP contribution in [0.2, 0.25) is 0 Å². The summed E-state index contributed by atoms with van der Waals surface area (Å²) in [5.41, 5.74) is 5.32. The number of thiophene rings is 1. The first-order valence-corrected chi connectivity index (χ1v) is 13.6. The van der Waals surface area contributed by atoms with E-state index in [0.717, 1.165) is 78.9 Å². The van der Waals surface area contributed by atoms with Crippen molar-refractivity contribution in [2.75, 3.05) is 32.1 Å². The topological polar surface area (TPSA) is 87.7 Å². The lowest BCUT2D eigenvalue weighted by molar-refractivity contribution is 0.0854. The maximum absolute atomic E-state index is 13.0. The molecule has 7 nitrogen and oxygen atoms in total. The number of fused-ring (bicyclic) bond motifs is 2. The molecule has 1 aliphatic carbocycles. The molecule has 0 bridgehead atoms. The summed E-state index contributed by atoms with van der Waals surface area (Å²) in [6, 6.07) is 5.29. The second-order valence-corrected chi connectivity index (χ2v) is 12.0. The molecule has 9 heteroatoms. The van der Waals surface area contributed by atoms with Crippen LogP contribution >= 0.6 is 11.3 Å². The van der Waals surface area contributed by atoms with Gasteiger partial charge in [-0.25, -0.2) is 17.9 Å². The van der Waals surface area contributed by atoms with Gasteiger partial charge < -0.3 is 15.0 Å². The molecule has 2 N–H and O–H groups in total. The predicted molar refractivity (Wildman–Crippen MR) is 125 cm³/mol. The number of hydrogen-bond donors (Lipinski definition) is 2. The zero-order chi connectivity index (χ0) is 22.3. The molecule has 3 aliphatic rings. The molecule has 1 aromatic heterocycles. The van der Waals surface area contributed by atoms with E-state index < -0.39 is 16.1 Å². The highest BCUT2D eigenvalue weighted by molar-refractivity contribution is 7.92. The predicted octanol–water partition coefficient (Wildman–Crippen LogP) is 3.63. The van der Waals surface area contributed by atoms with E-state index in [4.69, 9.17) is 4.74 Å². The number of nitrogens with zero attached hydrogens (tertiary/aromatic N) is 1. The molecule has 2 amide bonds. The molecule has 0 saturated carbocycles. The average molecular weight is 476 g/mol. The van der Waals surface area contributed by atoms with Crippen LogP contribution in [0.3, 0.4) is 0 Å². The lowest BCUT2D eigenvalue weighted by Crippen LogP contribution is -2.34. The van der Waals surface area contributed by atoms with Crippen molar-refractivity contribution in [1.82, 2.24) is 9.62 Å². The molecule has 2 aliphatic heterocycles. The van der Waals surface area contributed by atoms with E-state index in [2.05, 4.69) is 27.1 Å². The fourth-order valence-corrected chi connectivity index (χ4v) is 7.52. The van der Waals surface area contributed by atoms with Crippen molar-refractivity contribution < 1.29 is 17.9 Å². The summed E-state index contributed by atoms with van der Waals surface area (Å²) in [5.74, 6) is 0.308. The molecule has 2 aromatic rings.